The van der Waals surface area contributed by atoms with Gasteiger partial charge in [-0.15, -0.1) is 0 Å². The number of hydrogen-bond acceptors (Lipinski definition) is 5. The Bertz CT molecular complexity index is 1020. The summed E-state index contributed by atoms with van der Waals surface area (Å²) in [5.41, 5.74) is 2.54. The molecule has 0 aromatic heterocycles. The smallest absolute Gasteiger partial charge is 0.179 e. The summed E-state index contributed by atoms with van der Waals surface area (Å²) < 4.78 is 27.6. The molecule has 5 nitrogen and oxygen atoms in total. The second-order valence-corrected chi connectivity index (χ2v) is 11.7. The summed E-state index contributed by atoms with van der Waals surface area (Å²) in [6.45, 7) is 4.16. The highest BCUT2D eigenvalue weighted by Gasteiger charge is 2.49. The van der Waals surface area contributed by atoms with Crippen LogP contribution in [-0.4, -0.2) is 44.6 Å². The SMILES string of the molecule is CCCCC1(CCCC)CS(=O)(=O)c2ccc(N(C)C)cc2[C@@H](c2ccc(CO)cc2)[C@H]1O. The monoisotopic (exact) mass is 473 g/mol. The van der Waals surface area contributed by atoms with Crippen molar-refractivity contribution in [3.8, 4) is 0 Å². The minimum Gasteiger partial charge on any atom is -0.392 e. The average Bonchev–Trinajstić information content (AvgIpc) is 2.87. The largest absolute Gasteiger partial charge is 0.392 e. The number of aliphatic hydroxyl groups excluding tert-OH is 2. The van der Waals surface area contributed by atoms with E-state index in [1.165, 1.54) is 0 Å². The van der Waals surface area contributed by atoms with Crippen molar-refractivity contribution in [2.24, 2.45) is 5.41 Å². The maximum Gasteiger partial charge on any atom is 0.179 e. The number of sulfone groups is 1. The van der Waals surface area contributed by atoms with Crippen LogP contribution in [0.25, 0.3) is 0 Å². The maximum absolute atomic E-state index is 13.8. The Labute approximate surface area is 199 Å². The van der Waals surface area contributed by atoms with Crippen LogP contribution in [0, 0.1) is 5.41 Å². The first kappa shape index (κ1) is 25.7. The summed E-state index contributed by atoms with van der Waals surface area (Å²) >= 11 is 0. The molecule has 0 saturated heterocycles. The lowest BCUT2D eigenvalue weighted by Crippen LogP contribution is -2.43. The van der Waals surface area contributed by atoms with Crippen molar-refractivity contribution in [1.82, 2.24) is 0 Å². The molecule has 33 heavy (non-hydrogen) atoms. The van der Waals surface area contributed by atoms with Crippen LogP contribution in [0.2, 0.25) is 0 Å². The van der Waals surface area contributed by atoms with Crippen LogP contribution < -0.4 is 4.90 Å². The van der Waals surface area contributed by atoms with Gasteiger partial charge in [0.2, 0.25) is 0 Å². The Morgan fingerprint density at radius 2 is 1.61 bits per heavy atom. The molecule has 0 spiro atoms. The van der Waals surface area contributed by atoms with E-state index in [1.54, 1.807) is 6.07 Å². The van der Waals surface area contributed by atoms with Gasteiger partial charge in [-0.2, -0.15) is 0 Å². The molecule has 0 fully saturated rings. The minimum absolute atomic E-state index is 0.0271. The van der Waals surface area contributed by atoms with Gasteiger partial charge in [0.25, 0.3) is 0 Å². The lowest BCUT2D eigenvalue weighted by atomic mass is 9.68. The standard InChI is InChI=1S/C27H39NO4S/c1-5-7-15-27(16-8-6-2)19-33(31,32)24-14-13-22(28(3)4)17-23(24)25(26(27)30)21-11-9-20(18-29)10-12-21/h9-14,17,25-26,29-30H,5-8,15-16,18-19H2,1-4H3/t25-,26-/m1/s1. The molecular formula is C27H39NO4S. The molecule has 1 aliphatic rings. The summed E-state index contributed by atoms with van der Waals surface area (Å²) in [6.07, 6.45) is 4.21. The van der Waals surface area contributed by atoms with E-state index in [-0.39, 0.29) is 12.4 Å². The molecule has 2 N–H and O–H groups in total. The molecule has 3 rings (SSSR count). The fraction of sp³-hybridized carbons (Fsp3) is 0.556. The molecule has 1 heterocycles. The molecule has 0 bridgehead atoms. The van der Waals surface area contributed by atoms with Gasteiger partial charge < -0.3 is 15.1 Å². The lowest BCUT2D eigenvalue weighted by Gasteiger charge is -2.40. The number of unbranched alkanes of at least 4 members (excludes halogenated alkanes) is 2. The fourth-order valence-corrected chi connectivity index (χ4v) is 7.41. The molecule has 2 aromatic rings. The summed E-state index contributed by atoms with van der Waals surface area (Å²) in [6, 6.07) is 13.1. The van der Waals surface area contributed by atoms with Gasteiger partial charge in [0.15, 0.2) is 9.84 Å². The predicted molar refractivity (Wildman–Crippen MR) is 135 cm³/mol. The predicted octanol–water partition coefficient (Wildman–Crippen LogP) is 4.89. The molecule has 6 heteroatoms. The Morgan fingerprint density at radius 1 is 1.00 bits per heavy atom. The molecule has 0 aliphatic carbocycles. The quantitative estimate of drug-likeness (QED) is 0.542. The number of hydrogen-bond donors (Lipinski definition) is 2. The number of fused-ring (bicyclic) bond motifs is 1. The summed E-state index contributed by atoms with van der Waals surface area (Å²) in [4.78, 5) is 2.29. The van der Waals surface area contributed by atoms with E-state index in [0.29, 0.717) is 23.3 Å². The second kappa shape index (κ2) is 10.6. The van der Waals surface area contributed by atoms with E-state index in [1.807, 2.05) is 55.4 Å². The average molecular weight is 474 g/mol. The van der Waals surface area contributed by atoms with Crippen LogP contribution in [0.1, 0.15) is 75.0 Å². The van der Waals surface area contributed by atoms with Crippen molar-refractivity contribution in [2.75, 3.05) is 24.7 Å². The molecule has 0 unspecified atom stereocenters. The van der Waals surface area contributed by atoms with Gasteiger partial charge in [-0.3, -0.25) is 0 Å². The Hall–Kier alpha value is -1.89. The fourth-order valence-electron chi connectivity index (χ4n) is 5.22. The molecular weight excluding hydrogens is 434 g/mol. The van der Waals surface area contributed by atoms with Gasteiger partial charge in [-0.05, 0) is 47.7 Å². The molecule has 2 atom stereocenters. The summed E-state index contributed by atoms with van der Waals surface area (Å²) in [7, 11) is 0.269. The van der Waals surface area contributed by atoms with E-state index in [9.17, 15) is 18.6 Å². The first-order valence-electron chi connectivity index (χ1n) is 12.1. The molecule has 0 saturated carbocycles. The zero-order valence-electron chi connectivity index (χ0n) is 20.4. The van der Waals surface area contributed by atoms with Crippen molar-refractivity contribution in [1.29, 1.82) is 0 Å². The third kappa shape index (κ3) is 5.28. The van der Waals surface area contributed by atoms with E-state index in [4.69, 9.17) is 0 Å². The number of aliphatic hydroxyl groups is 2. The zero-order valence-corrected chi connectivity index (χ0v) is 21.2. The normalized spacial score (nSPS) is 21.3. The van der Waals surface area contributed by atoms with Crippen LogP contribution in [-0.2, 0) is 16.4 Å². The van der Waals surface area contributed by atoms with E-state index < -0.39 is 27.3 Å². The highest BCUT2D eigenvalue weighted by molar-refractivity contribution is 7.91. The van der Waals surface area contributed by atoms with Crippen LogP contribution in [0.4, 0.5) is 5.69 Å². The Balaban J connectivity index is 2.29. The van der Waals surface area contributed by atoms with Crippen molar-refractivity contribution in [3.05, 3.63) is 59.2 Å². The number of rotatable bonds is 9. The summed E-state index contributed by atoms with van der Waals surface area (Å²) in [5, 5.41) is 21.6. The number of benzene rings is 2. The van der Waals surface area contributed by atoms with Crippen LogP contribution in [0.5, 0.6) is 0 Å². The van der Waals surface area contributed by atoms with Crippen LogP contribution in [0.3, 0.4) is 0 Å². The van der Waals surface area contributed by atoms with Crippen molar-refractivity contribution in [3.63, 3.8) is 0 Å². The van der Waals surface area contributed by atoms with Gasteiger partial charge >= 0.3 is 0 Å². The molecule has 0 radical (unpaired) electrons. The first-order valence-corrected chi connectivity index (χ1v) is 13.8. The van der Waals surface area contributed by atoms with E-state index in [0.717, 1.165) is 42.5 Å². The van der Waals surface area contributed by atoms with E-state index in [2.05, 4.69) is 13.8 Å². The zero-order chi connectivity index (χ0) is 24.2. The summed E-state index contributed by atoms with van der Waals surface area (Å²) in [5.74, 6) is -0.487. The maximum atomic E-state index is 13.8. The minimum atomic E-state index is -3.59. The van der Waals surface area contributed by atoms with Gasteiger partial charge in [0, 0.05) is 31.1 Å². The number of nitrogens with zero attached hydrogens (tertiary/aromatic N) is 1. The highest BCUT2D eigenvalue weighted by Crippen LogP contribution is 2.50. The van der Waals surface area contributed by atoms with E-state index >= 15 is 0 Å². The van der Waals surface area contributed by atoms with Gasteiger partial charge in [0.05, 0.1) is 23.4 Å². The van der Waals surface area contributed by atoms with Crippen molar-refractivity contribution < 1.29 is 18.6 Å². The first-order chi connectivity index (χ1) is 15.7. The second-order valence-electron chi connectivity index (χ2n) is 9.77. The van der Waals surface area contributed by atoms with Gasteiger partial charge in [-0.25, -0.2) is 8.42 Å². The van der Waals surface area contributed by atoms with Gasteiger partial charge in [0.1, 0.15) is 0 Å². The van der Waals surface area contributed by atoms with Crippen molar-refractivity contribution in [2.45, 2.75) is 75.9 Å². The topological polar surface area (TPSA) is 77.8 Å². The molecule has 1 aliphatic heterocycles. The van der Waals surface area contributed by atoms with Crippen molar-refractivity contribution >= 4 is 15.5 Å². The number of anilines is 1. The van der Waals surface area contributed by atoms with Crippen LogP contribution >= 0.6 is 0 Å². The van der Waals surface area contributed by atoms with Gasteiger partial charge in [-0.1, -0.05) is 63.8 Å². The Morgan fingerprint density at radius 3 is 2.12 bits per heavy atom. The Kier molecular flexibility index (Phi) is 8.25. The third-order valence-electron chi connectivity index (χ3n) is 7.18. The third-order valence-corrected chi connectivity index (χ3v) is 9.18. The molecule has 2 aromatic carbocycles. The molecule has 182 valence electrons. The molecule has 0 amide bonds. The van der Waals surface area contributed by atoms with Crippen LogP contribution in [0.15, 0.2) is 47.4 Å². The lowest BCUT2D eigenvalue weighted by molar-refractivity contribution is 0.0127. The highest BCUT2D eigenvalue weighted by atomic mass is 32.2.